The minimum Gasteiger partial charge on any atom is -0.455 e. The minimum absolute atomic E-state index is 0.402. The summed E-state index contributed by atoms with van der Waals surface area (Å²) >= 11 is 5.00. The minimum atomic E-state index is -2.67. The van der Waals surface area contributed by atoms with E-state index < -0.39 is 24.0 Å². The van der Waals surface area contributed by atoms with Gasteiger partial charge in [-0.3, -0.25) is 0 Å². The van der Waals surface area contributed by atoms with E-state index in [9.17, 15) is 13.6 Å². The van der Waals surface area contributed by atoms with Crippen molar-refractivity contribution < 1.29 is 18.3 Å². The van der Waals surface area contributed by atoms with Gasteiger partial charge >= 0.3 is 5.97 Å². The fraction of sp³-hybridized carbons (Fsp3) is 0.400. The van der Waals surface area contributed by atoms with E-state index >= 15 is 0 Å². The van der Waals surface area contributed by atoms with Crippen LogP contribution >= 0.6 is 11.6 Å². The van der Waals surface area contributed by atoms with Gasteiger partial charge in [-0.2, -0.15) is 0 Å². The molecule has 0 aromatic rings. The summed E-state index contributed by atoms with van der Waals surface area (Å²) in [6.45, 7) is 2.04. The number of carbonyl (C=O) groups is 1. The maximum absolute atomic E-state index is 11.3. The zero-order valence-corrected chi connectivity index (χ0v) is 5.70. The Kier molecular flexibility index (Phi) is 3.95. The summed E-state index contributed by atoms with van der Waals surface area (Å²) in [5, 5.41) is -0.402. The van der Waals surface area contributed by atoms with E-state index in [2.05, 4.69) is 11.3 Å². The van der Waals surface area contributed by atoms with Crippen LogP contribution in [0.1, 0.15) is 0 Å². The third-order valence-electron chi connectivity index (χ3n) is 0.562. The van der Waals surface area contributed by atoms with E-state index in [4.69, 9.17) is 11.6 Å². The van der Waals surface area contributed by atoms with Crippen LogP contribution in [0.5, 0.6) is 0 Å². The van der Waals surface area contributed by atoms with E-state index in [1.165, 1.54) is 0 Å². The molecule has 0 unspecified atom stereocenters. The molecular weight excluding hydrogens is 166 g/mol. The molecule has 0 saturated heterocycles. The second kappa shape index (κ2) is 4.22. The summed E-state index contributed by atoms with van der Waals surface area (Å²) in [6, 6.07) is 0. The molecule has 0 aromatic carbocycles. The lowest BCUT2D eigenvalue weighted by molar-refractivity contribution is -0.142. The summed E-state index contributed by atoms with van der Waals surface area (Å²) in [7, 11) is 0. The summed E-state index contributed by atoms with van der Waals surface area (Å²) in [5.74, 6) is -1.01. The van der Waals surface area contributed by atoms with Gasteiger partial charge in [0.2, 0.25) is 0 Å². The van der Waals surface area contributed by atoms with Gasteiger partial charge in [-0.25, -0.2) is 13.6 Å². The van der Waals surface area contributed by atoms with Gasteiger partial charge in [0.05, 0.1) is 0 Å². The molecule has 0 saturated carbocycles. The van der Waals surface area contributed by atoms with E-state index in [0.29, 0.717) is 0 Å². The van der Waals surface area contributed by atoms with Crippen molar-refractivity contribution in [1.82, 2.24) is 0 Å². The highest BCUT2D eigenvalue weighted by atomic mass is 35.5. The molecule has 0 atom stereocenters. The fourth-order valence-electron chi connectivity index (χ4n) is 0.217. The molecular formula is C5H5ClF2O2. The number of rotatable bonds is 3. The fourth-order valence-corrected chi connectivity index (χ4v) is 0.272. The van der Waals surface area contributed by atoms with Crippen LogP contribution in [0.15, 0.2) is 11.6 Å². The summed E-state index contributed by atoms with van der Waals surface area (Å²) < 4.78 is 26.6. The van der Waals surface area contributed by atoms with Crippen molar-refractivity contribution in [2.75, 3.05) is 6.61 Å². The van der Waals surface area contributed by atoms with Crippen molar-refractivity contribution in [3.8, 4) is 0 Å². The Bertz CT molecular complexity index is 147. The lowest BCUT2D eigenvalue weighted by Crippen LogP contribution is -2.10. The van der Waals surface area contributed by atoms with Crippen molar-refractivity contribution in [2.24, 2.45) is 0 Å². The van der Waals surface area contributed by atoms with Crippen LogP contribution in [0.4, 0.5) is 8.78 Å². The second-order valence-electron chi connectivity index (χ2n) is 1.39. The van der Waals surface area contributed by atoms with Crippen LogP contribution in [-0.2, 0) is 9.53 Å². The van der Waals surface area contributed by atoms with Crippen LogP contribution in [0.3, 0.4) is 0 Å². The Labute approximate surface area is 61.4 Å². The van der Waals surface area contributed by atoms with Crippen LogP contribution in [-0.4, -0.2) is 19.0 Å². The highest BCUT2D eigenvalue weighted by Gasteiger charge is 2.09. The summed E-state index contributed by atoms with van der Waals surface area (Å²) in [4.78, 5) is 10.3. The van der Waals surface area contributed by atoms with Gasteiger partial charge in [-0.1, -0.05) is 18.2 Å². The lowest BCUT2D eigenvalue weighted by atomic mass is 10.6. The first-order valence-electron chi connectivity index (χ1n) is 2.33. The first kappa shape index (κ1) is 9.36. The van der Waals surface area contributed by atoms with Gasteiger partial charge in [0.1, 0.15) is 5.03 Å². The molecule has 2 nitrogen and oxygen atoms in total. The van der Waals surface area contributed by atoms with Gasteiger partial charge < -0.3 is 4.74 Å². The van der Waals surface area contributed by atoms with E-state index in [-0.39, 0.29) is 0 Å². The first-order chi connectivity index (χ1) is 4.54. The van der Waals surface area contributed by atoms with E-state index in [0.717, 1.165) is 0 Å². The van der Waals surface area contributed by atoms with Gasteiger partial charge in [0.25, 0.3) is 6.43 Å². The second-order valence-corrected chi connectivity index (χ2v) is 1.85. The molecule has 0 aliphatic carbocycles. The van der Waals surface area contributed by atoms with E-state index in [1.54, 1.807) is 0 Å². The summed E-state index contributed by atoms with van der Waals surface area (Å²) in [6.07, 6.45) is -2.67. The molecule has 0 spiro atoms. The molecule has 0 N–H and O–H groups in total. The molecule has 0 fully saturated rings. The Morgan fingerprint density at radius 2 is 2.20 bits per heavy atom. The Morgan fingerprint density at radius 1 is 1.70 bits per heavy atom. The number of hydrogen-bond acceptors (Lipinski definition) is 2. The van der Waals surface area contributed by atoms with Crippen LogP contribution < -0.4 is 0 Å². The number of alkyl halides is 2. The molecule has 0 heterocycles. The van der Waals surface area contributed by atoms with Crippen molar-refractivity contribution in [3.63, 3.8) is 0 Å². The van der Waals surface area contributed by atoms with Crippen molar-refractivity contribution in [1.29, 1.82) is 0 Å². The molecule has 0 bridgehead atoms. The first-order valence-corrected chi connectivity index (χ1v) is 2.71. The Balaban J connectivity index is 3.50. The molecule has 0 aliphatic rings. The van der Waals surface area contributed by atoms with Gasteiger partial charge in [0.15, 0.2) is 6.61 Å². The molecule has 0 aliphatic heterocycles. The van der Waals surface area contributed by atoms with Gasteiger partial charge in [-0.15, -0.1) is 0 Å². The van der Waals surface area contributed by atoms with Crippen LogP contribution in [0.2, 0.25) is 0 Å². The molecule has 0 aromatic heterocycles. The molecule has 10 heavy (non-hydrogen) atoms. The van der Waals surface area contributed by atoms with Crippen molar-refractivity contribution in [3.05, 3.63) is 11.6 Å². The molecule has 0 amide bonds. The Hall–Kier alpha value is -0.640. The SMILES string of the molecule is C=C(Cl)C(=O)OCC(F)F. The molecule has 5 heteroatoms. The predicted octanol–water partition coefficient (Wildman–Crippen LogP) is 1.55. The highest BCUT2D eigenvalue weighted by molar-refractivity contribution is 6.40. The zero-order chi connectivity index (χ0) is 8.15. The van der Waals surface area contributed by atoms with Gasteiger partial charge in [0, 0.05) is 0 Å². The number of ether oxygens (including phenoxy) is 1. The topological polar surface area (TPSA) is 26.3 Å². The average Bonchev–Trinajstić information content (AvgIpc) is 1.82. The smallest absolute Gasteiger partial charge is 0.349 e. The number of carbonyl (C=O) groups excluding carboxylic acids is 1. The maximum Gasteiger partial charge on any atom is 0.349 e. The molecule has 0 rings (SSSR count). The van der Waals surface area contributed by atoms with Crippen molar-refractivity contribution in [2.45, 2.75) is 6.43 Å². The normalized spacial score (nSPS) is 9.60. The van der Waals surface area contributed by atoms with Crippen LogP contribution in [0, 0.1) is 0 Å². The highest BCUT2D eigenvalue weighted by Crippen LogP contribution is 2.01. The lowest BCUT2D eigenvalue weighted by Gasteiger charge is -2.00. The van der Waals surface area contributed by atoms with Gasteiger partial charge in [-0.05, 0) is 0 Å². The quantitative estimate of drug-likeness (QED) is 0.475. The maximum atomic E-state index is 11.3. The number of esters is 1. The average molecular weight is 171 g/mol. The predicted molar refractivity (Wildman–Crippen MR) is 32.0 cm³/mol. The summed E-state index contributed by atoms with van der Waals surface area (Å²) in [5.41, 5.74) is 0. The Morgan fingerprint density at radius 3 is 2.50 bits per heavy atom. The van der Waals surface area contributed by atoms with E-state index in [1.807, 2.05) is 0 Å². The monoisotopic (exact) mass is 170 g/mol. The third-order valence-corrected chi connectivity index (χ3v) is 0.716. The van der Waals surface area contributed by atoms with Crippen LogP contribution in [0.25, 0.3) is 0 Å². The third kappa shape index (κ3) is 4.26. The largest absolute Gasteiger partial charge is 0.455 e. The number of hydrogen-bond donors (Lipinski definition) is 0. The number of halogens is 3. The zero-order valence-electron chi connectivity index (χ0n) is 4.94. The van der Waals surface area contributed by atoms with Crippen molar-refractivity contribution >= 4 is 17.6 Å². The molecule has 0 radical (unpaired) electrons. The standard InChI is InChI=1S/C5H5ClF2O2/c1-3(6)5(9)10-2-4(7)8/h4H,1-2H2. The molecule has 58 valence electrons.